The van der Waals surface area contributed by atoms with Gasteiger partial charge in [0.1, 0.15) is 17.4 Å². The van der Waals surface area contributed by atoms with Crippen molar-refractivity contribution in [3.63, 3.8) is 0 Å². The molecule has 226 valence electrons. The Hall–Kier alpha value is -4.07. The minimum Gasteiger partial charge on any atom is -0.444 e. The molecule has 14 heteroatoms. The lowest BCUT2D eigenvalue weighted by atomic mass is 9.94. The number of hydrogen-bond acceptors (Lipinski definition) is 10. The van der Waals surface area contributed by atoms with Crippen LogP contribution >= 0.6 is 0 Å². The third-order valence-electron chi connectivity index (χ3n) is 6.25. The summed E-state index contributed by atoms with van der Waals surface area (Å²) in [6, 6.07) is -0.886. The van der Waals surface area contributed by atoms with Crippen LogP contribution in [-0.2, 0) is 19.1 Å². The van der Waals surface area contributed by atoms with Gasteiger partial charge in [0.2, 0.25) is 5.91 Å². The van der Waals surface area contributed by atoms with Crippen LogP contribution in [0.15, 0.2) is 24.3 Å². The maximum absolute atomic E-state index is 14.0. The summed E-state index contributed by atoms with van der Waals surface area (Å²) in [5.74, 6) is -2.05. The van der Waals surface area contributed by atoms with Crippen LogP contribution < -0.4 is 15.8 Å². The fourth-order valence-electron chi connectivity index (χ4n) is 4.37. The van der Waals surface area contributed by atoms with E-state index in [2.05, 4.69) is 5.32 Å². The van der Waals surface area contributed by atoms with Crippen molar-refractivity contribution in [2.24, 2.45) is 5.73 Å². The first kappa shape index (κ1) is 33.1. The molecule has 3 N–H and O–H groups in total. The highest BCUT2D eigenvalue weighted by Crippen LogP contribution is 2.25. The minimum absolute atomic E-state index is 0.0367. The zero-order chi connectivity index (χ0) is 31.2. The molecule has 1 aromatic rings. The average molecular weight is 578 g/mol. The van der Waals surface area contributed by atoms with E-state index in [1.165, 1.54) is 30.9 Å². The van der Waals surface area contributed by atoms with Crippen molar-refractivity contribution in [3.05, 3.63) is 34.4 Å². The van der Waals surface area contributed by atoms with Gasteiger partial charge in [-0.05, 0) is 73.4 Å². The van der Waals surface area contributed by atoms with Crippen LogP contribution in [0.5, 0.6) is 5.75 Å². The van der Waals surface area contributed by atoms with Gasteiger partial charge in [-0.2, -0.15) is 0 Å². The summed E-state index contributed by atoms with van der Waals surface area (Å²) in [6.45, 7) is 11.2. The number of nitro benzene ring substituents is 1. The SMILES string of the molecule is CC(C)N(C(=O)Oc1ccc([N+](=O)[O-])cc1)C(C(=O)[C@H](C)N)C(=O)[C@@H]1CCCN1C(=O)[C@H](C)NC(=O)OC(C)(C)C. The molecule has 14 nitrogen and oxygen atoms in total. The van der Waals surface area contributed by atoms with Gasteiger partial charge in [-0.3, -0.25) is 29.4 Å². The predicted octanol–water partition coefficient (Wildman–Crippen LogP) is 2.56. The molecule has 1 heterocycles. The number of ketones is 2. The molecule has 0 radical (unpaired) electrons. The Morgan fingerprint density at radius 3 is 2.17 bits per heavy atom. The molecule has 1 aromatic carbocycles. The van der Waals surface area contributed by atoms with Crippen LogP contribution in [0.1, 0.15) is 61.3 Å². The highest BCUT2D eigenvalue weighted by molar-refractivity contribution is 6.12. The summed E-state index contributed by atoms with van der Waals surface area (Å²) in [7, 11) is 0. The lowest BCUT2D eigenvalue weighted by Gasteiger charge is -2.36. The fourth-order valence-corrected chi connectivity index (χ4v) is 4.37. The summed E-state index contributed by atoms with van der Waals surface area (Å²) in [5.41, 5.74) is 4.87. The smallest absolute Gasteiger partial charge is 0.416 e. The third kappa shape index (κ3) is 8.71. The van der Waals surface area contributed by atoms with Crippen LogP contribution in [-0.4, -0.2) is 86.7 Å². The summed E-state index contributed by atoms with van der Waals surface area (Å²) in [4.78, 5) is 78.6. The molecule has 2 rings (SSSR count). The van der Waals surface area contributed by atoms with E-state index >= 15 is 0 Å². The molecule has 0 bridgehead atoms. The highest BCUT2D eigenvalue weighted by atomic mass is 16.6. The number of nitro groups is 1. The third-order valence-corrected chi connectivity index (χ3v) is 6.25. The second-order valence-corrected chi connectivity index (χ2v) is 11.2. The Morgan fingerprint density at radius 1 is 1.10 bits per heavy atom. The molecule has 1 aliphatic heterocycles. The molecule has 1 saturated heterocycles. The fraction of sp³-hybridized carbons (Fsp3) is 0.593. The molecule has 4 atom stereocenters. The highest BCUT2D eigenvalue weighted by Gasteiger charge is 2.46. The maximum atomic E-state index is 14.0. The zero-order valence-corrected chi connectivity index (χ0v) is 24.4. The number of carbonyl (C=O) groups excluding carboxylic acids is 5. The summed E-state index contributed by atoms with van der Waals surface area (Å²) < 4.78 is 10.6. The molecule has 0 aromatic heterocycles. The van der Waals surface area contributed by atoms with Gasteiger partial charge < -0.3 is 25.4 Å². The van der Waals surface area contributed by atoms with Gasteiger partial charge in [-0.1, -0.05) is 0 Å². The average Bonchev–Trinajstić information content (AvgIpc) is 3.34. The van der Waals surface area contributed by atoms with E-state index in [0.29, 0.717) is 6.42 Å². The molecule has 1 unspecified atom stereocenters. The Balaban J connectivity index is 2.33. The maximum Gasteiger partial charge on any atom is 0.416 e. The van der Waals surface area contributed by atoms with E-state index in [-0.39, 0.29) is 24.4 Å². The zero-order valence-electron chi connectivity index (χ0n) is 24.4. The molecule has 41 heavy (non-hydrogen) atoms. The topological polar surface area (TPSA) is 191 Å². The van der Waals surface area contributed by atoms with Crippen molar-refractivity contribution in [3.8, 4) is 5.75 Å². The number of carbonyl (C=O) groups is 5. The number of nitrogens with two attached hydrogens (primary N) is 1. The van der Waals surface area contributed by atoms with Gasteiger partial charge in [-0.15, -0.1) is 0 Å². The molecular formula is C27H39N5O9. The van der Waals surface area contributed by atoms with Gasteiger partial charge in [0.15, 0.2) is 17.6 Å². The monoisotopic (exact) mass is 577 g/mol. The number of Topliss-reactive ketones (excluding diaryl/α,β-unsaturated/α-hetero) is 2. The van der Waals surface area contributed by atoms with Crippen LogP contribution in [0.3, 0.4) is 0 Å². The molecule has 0 saturated carbocycles. The quantitative estimate of drug-likeness (QED) is 0.237. The number of benzene rings is 1. The first-order chi connectivity index (χ1) is 18.9. The second-order valence-electron chi connectivity index (χ2n) is 11.2. The van der Waals surface area contributed by atoms with Crippen molar-refractivity contribution in [1.29, 1.82) is 0 Å². The molecule has 3 amide bonds. The number of nitrogens with one attached hydrogen (secondary N) is 1. The molecule has 0 aliphatic carbocycles. The summed E-state index contributed by atoms with van der Waals surface area (Å²) in [6.07, 6.45) is -1.16. The predicted molar refractivity (Wildman–Crippen MR) is 147 cm³/mol. The number of alkyl carbamates (subject to hydrolysis) is 1. The molecule has 1 fully saturated rings. The standard InChI is InChI=1S/C27H39N5O9/c1-15(2)31(26(37)40-19-12-10-18(11-13-19)32(38)39)21(22(33)16(3)28)23(34)20-9-8-14-30(20)24(35)17(4)29-25(36)41-27(5,6)7/h10-13,15-17,20-21H,8-9,14,28H2,1-7H3,(H,29,36)/t16-,17-,20-,21?/m0/s1. The van der Waals surface area contributed by atoms with Gasteiger partial charge in [0.25, 0.3) is 5.69 Å². The van der Waals surface area contributed by atoms with E-state index in [0.717, 1.165) is 17.0 Å². The van der Waals surface area contributed by atoms with Gasteiger partial charge in [0.05, 0.1) is 17.0 Å². The van der Waals surface area contributed by atoms with Crippen molar-refractivity contribution in [2.45, 2.75) is 97.1 Å². The van der Waals surface area contributed by atoms with Crippen molar-refractivity contribution < 1.29 is 38.4 Å². The van der Waals surface area contributed by atoms with E-state index in [1.807, 2.05) is 0 Å². The number of non-ortho nitro benzene ring substituents is 1. The number of nitrogens with zero attached hydrogens (tertiary/aromatic N) is 3. The van der Waals surface area contributed by atoms with E-state index in [9.17, 15) is 34.1 Å². The van der Waals surface area contributed by atoms with Crippen molar-refractivity contribution in [1.82, 2.24) is 15.1 Å². The first-order valence-corrected chi connectivity index (χ1v) is 13.3. The number of amides is 3. The number of rotatable bonds is 10. The molecule has 1 aliphatic rings. The van der Waals surface area contributed by atoms with Gasteiger partial charge >= 0.3 is 12.2 Å². The van der Waals surface area contributed by atoms with Crippen LogP contribution in [0.25, 0.3) is 0 Å². The molecule has 0 spiro atoms. The Morgan fingerprint density at radius 2 is 1.68 bits per heavy atom. The van der Waals surface area contributed by atoms with Crippen molar-refractivity contribution in [2.75, 3.05) is 6.54 Å². The second kappa shape index (κ2) is 13.5. The van der Waals surface area contributed by atoms with Crippen LogP contribution in [0.2, 0.25) is 0 Å². The number of hydrogen-bond donors (Lipinski definition) is 2. The molecular weight excluding hydrogens is 538 g/mol. The summed E-state index contributed by atoms with van der Waals surface area (Å²) in [5, 5.41) is 13.4. The van der Waals surface area contributed by atoms with E-state index < -0.39 is 70.4 Å². The summed E-state index contributed by atoms with van der Waals surface area (Å²) >= 11 is 0. The first-order valence-electron chi connectivity index (χ1n) is 13.3. The lowest BCUT2D eigenvalue weighted by molar-refractivity contribution is -0.384. The Bertz CT molecular complexity index is 1160. The minimum atomic E-state index is -1.67. The van der Waals surface area contributed by atoms with Gasteiger partial charge in [0, 0.05) is 24.7 Å². The van der Waals surface area contributed by atoms with Crippen LogP contribution in [0.4, 0.5) is 15.3 Å². The Labute approximate surface area is 238 Å². The normalized spacial score (nSPS) is 17.3. The lowest BCUT2D eigenvalue weighted by Crippen LogP contribution is -2.61. The number of likely N-dealkylation sites (tertiary alicyclic amines) is 1. The Kier molecular flexibility index (Phi) is 10.9. The van der Waals surface area contributed by atoms with Crippen molar-refractivity contribution >= 4 is 35.3 Å². The van der Waals surface area contributed by atoms with Crippen LogP contribution in [0, 0.1) is 10.1 Å². The largest absolute Gasteiger partial charge is 0.444 e. The van der Waals surface area contributed by atoms with E-state index in [4.69, 9.17) is 15.2 Å². The van der Waals surface area contributed by atoms with Gasteiger partial charge in [-0.25, -0.2) is 9.59 Å². The number of ether oxygens (including phenoxy) is 2. The van der Waals surface area contributed by atoms with E-state index in [1.54, 1.807) is 34.6 Å².